The third-order valence-corrected chi connectivity index (χ3v) is 3.94. The van der Waals surface area contributed by atoms with Gasteiger partial charge in [-0.15, -0.1) is 0 Å². The zero-order valence-electron chi connectivity index (χ0n) is 17.4. The van der Waals surface area contributed by atoms with Crippen LogP contribution in [0.1, 0.15) is 44.1 Å². The van der Waals surface area contributed by atoms with E-state index in [9.17, 15) is 18.4 Å². The summed E-state index contributed by atoms with van der Waals surface area (Å²) in [7, 11) is 1.29. The van der Waals surface area contributed by atoms with Crippen LogP contribution in [-0.2, 0) is 9.53 Å². The fraction of sp³-hybridized carbons (Fsp3) is 0.381. The normalized spacial score (nSPS) is 17.0. The van der Waals surface area contributed by atoms with Gasteiger partial charge in [0.2, 0.25) is 5.82 Å². The Morgan fingerprint density at radius 2 is 1.93 bits per heavy atom. The molecule has 30 heavy (non-hydrogen) atoms. The number of ether oxygens (including phenoxy) is 2. The molecule has 1 fully saturated rings. The van der Waals surface area contributed by atoms with E-state index in [1.54, 1.807) is 6.07 Å². The van der Waals surface area contributed by atoms with Crippen LogP contribution in [0.2, 0.25) is 0 Å². The van der Waals surface area contributed by atoms with E-state index in [1.165, 1.54) is 31.5 Å². The summed E-state index contributed by atoms with van der Waals surface area (Å²) in [4.78, 5) is 26.6. The van der Waals surface area contributed by atoms with Crippen molar-refractivity contribution >= 4 is 17.5 Å². The van der Waals surface area contributed by atoms with Gasteiger partial charge in [-0.25, -0.2) is 4.39 Å². The molecule has 0 aliphatic carbocycles. The number of amides is 2. The number of carbonyl (C=O) groups excluding carboxylic acids is 2. The number of nitrogens with two attached hydrogens (primary N) is 1. The molecule has 2 amide bonds. The van der Waals surface area contributed by atoms with Gasteiger partial charge in [-0.05, 0) is 44.0 Å². The molecule has 2 heterocycles. The molecule has 2 atom stereocenters. The van der Waals surface area contributed by atoms with Crippen LogP contribution in [-0.4, -0.2) is 36.1 Å². The largest absolute Gasteiger partial charge is 0.494 e. The highest BCUT2D eigenvalue weighted by Gasteiger charge is 2.28. The lowest BCUT2D eigenvalue weighted by molar-refractivity contribution is -0.126. The first-order chi connectivity index (χ1) is 14.3. The Hall–Kier alpha value is -3.07. The third kappa shape index (κ3) is 7.40. The molecule has 1 aromatic heterocycles. The van der Waals surface area contributed by atoms with Crippen molar-refractivity contribution in [1.82, 2.24) is 4.98 Å². The molecule has 0 radical (unpaired) electrons. The van der Waals surface area contributed by atoms with Crippen LogP contribution in [0.5, 0.6) is 5.75 Å². The lowest BCUT2D eigenvalue weighted by Crippen LogP contribution is -2.28. The highest BCUT2D eigenvalue weighted by molar-refractivity contribution is 5.96. The minimum absolute atomic E-state index is 0.0694. The Balaban J connectivity index is 0.000000318. The van der Waals surface area contributed by atoms with E-state index in [2.05, 4.69) is 15.0 Å². The molecule has 0 spiro atoms. The maximum absolute atomic E-state index is 12.5. The fourth-order valence-corrected chi connectivity index (χ4v) is 2.50. The van der Waals surface area contributed by atoms with Gasteiger partial charge in [0.25, 0.3) is 11.8 Å². The topological polar surface area (TPSA) is 104 Å². The van der Waals surface area contributed by atoms with Crippen LogP contribution in [0, 0.1) is 11.6 Å². The van der Waals surface area contributed by atoms with Gasteiger partial charge in [0.15, 0.2) is 11.6 Å². The second-order valence-corrected chi connectivity index (χ2v) is 6.05. The van der Waals surface area contributed by atoms with Crippen molar-refractivity contribution in [3.8, 4) is 5.75 Å². The first-order valence-corrected chi connectivity index (χ1v) is 9.52. The van der Waals surface area contributed by atoms with Gasteiger partial charge < -0.3 is 20.5 Å². The van der Waals surface area contributed by atoms with Crippen LogP contribution in [0.15, 0.2) is 36.5 Å². The average Bonchev–Trinajstić information content (AvgIpc) is 3.19. The molecule has 1 aliphatic heterocycles. The molecular weight excluding hydrogens is 396 g/mol. The number of methoxy groups -OCH3 is 1. The number of carbonyl (C=O) groups is 2. The standard InChI is InChI=1S/C12H15N3O3.C7H6F2O.C2H6/c1-7-2-3-10(18-7)12(17)15-8-4-5-14-9(6-8)11(13)16;1-10-6-4-2-3-5(8)7(6)9;1-2/h4-7,10H,2-3H2,1H3,(H2,13,16)(H,14,15,17);2-4H,1H3;1-2H3/t7-,10-;;/m1../s1. The Labute approximate surface area is 174 Å². The first-order valence-electron chi connectivity index (χ1n) is 9.52. The number of halogens is 2. The number of pyridine rings is 1. The highest BCUT2D eigenvalue weighted by atomic mass is 19.2. The molecule has 9 heteroatoms. The third-order valence-electron chi connectivity index (χ3n) is 3.94. The highest BCUT2D eigenvalue weighted by Crippen LogP contribution is 2.20. The van der Waals surface area contributed by atoms with Gasteiger partial charge in [-0.2, -0.15) is 4.39 Å². The molecule has 7 nitrogen and oxygen atoms in total. The molecule has 0 unspecified atom stereocenters. The number of rotatable bonds is 4. The van der Waals surface area contributed by atoms with Gasteiger partial charge in [0.1, 0.15) is 11.8 Å². The van der Waals surface area contributed by atoms with Crippen LogP contribution >= 0.6 is 0 Å². The Bertz CT molecular complexity index is 849. The molecule has 0 bridgehead atoms. The maximum atomic E-state index is 12.5. The van der Waals surface area contributed by atoms with E-state index >= 15 is 0 Å². The number of aromatic nitrogens is 1. The second-order valence-electron chi connectivity index (χ2n) is 6.05. The van der Waals surface area contributed by atoms with Crippen molar-refractivity contribution in [2.75, 3.05) is 12.4 Å². The number of anilines is 1. The second kappa shape index (κ2) is 12.5. The minimum atomic E-state index is -0.940. The molecule has 0 saturated carbocycles. The van der Waals surface area contributed by atoms with Crippen molar-refractivity contribution in [3.05, 3.63) is 53.9 Å². The van der Waals surface area contributed by atoms with Crippen LogP contribution in [0.3, 0.4) is 0 Å². The molecular formula is C21H27F2N3O4. The first kappa shape index (κ1) is 25.0. The van der Waals surface area contributed by atoms with E-state index in [4.69, 9.17) is 10.5 Å². The average molecular weight is 423 g/mol. The predicted molar refractivity (Wildman–Crippen MR) is 109 cm³/mol. The van der Waals surface area contributed by atoms with Crippen LogP contribution in [0.25, 0.3) is 0 Å². The van der Waals surface area contributed by atoms with E-state index in [0.29, 0.717) is 12.1 Å². The lowest BCUT2D eigenvalue weighted by atomic mass is 10.2. The van der Waals surface area contributed by atoms with E-state index in [-0.39, 0.29) is 23.5 Å². The van der Waals surface area contributed by atoms with E-state index < -0.39 is 23.6 Å². The van der Waals surface area contributed by atoms with Gasteiger partial charge in [-0.3, -0.25) is 14.6 Å². The van der Waals surface area contributed by atoms with Gasteiger partial charge in [0, 0.05) is 11.9 Å². The number of hydrogen-bond donors (Lipinski definition) is 2. The summed E-state index contributed by atoms with van der Waals surface area (Å²) in [5.74, 6) is -2.73. The molecule has 2 aromatic rings. The summed E-state index contributed by atoms with van der Waals surface area (Å²) in [6, 6.07) is 6.83. The smallest absolute Gasteiger partial charge is 0.267 e. The lowest BCUT2D eigenvalue weighted by Gasteiger charge is -2.11. The summed E-state index contributed by atoms with van der Waals surface area (Å²) in [5, 5.41) is 2.69. The van der Waals surface area contributed by atoms with Crippen molar-refractivity contribution in [1.29, 1.82) is 0 Å². The Morgan fingerprint density at radius 3 is 2.47 bits per heavy atom. The summed E-state index contributed by atoms with van der Waals surface area (Å²) in [6.45, 7) is 5.94. The van der Waals surface area contributed by atoms with Gasteiger partial charge in [-0.1, -0.05) is 19.9 Å². The van der Waals surface area contributed by atoms with Crippen molar-refractivity contribution in [2.24, 2.45) is 5.73 Å². The Kier molecular flexibility index (Phi) is 10.4. The van der Waals surface area contributed by atoms with Crippen molar-refractivity contribution in [2.45, 2.75) is 45.8 Å². The quantitative estimate of drug-likeness (QED) is 0.781. The van der Waals surface area contributed by atoms with E-state index in [1.807, 2.05) is 20.8 Å². The monoisotopic (exact) mass is 423 g/mol. The van der Waals surface area contributed by atoms with Gasteiger partial charge >= 0.3 is 0 Å². The molecule has 3 rings (SSSR count). The minimum Gasteiger partial charge on any atom is -0.494 e. The van der Waals surface area contributed by atoms with Crippen LogP contribution < -0.4 is 15.8 Å². The predicted octanol–water partition coefficient (Wildman–Crippen LogP) is 3.69. The Morgan fingerprint density at radius 1 is 1.23 bits per heavy atom. The number of primary amides is 1. The number of nitrogens with zero attached hydrogens (tertiary/aromatic N) is 1. The van der Waals surface area contributed by atoms with Crippen LogP contribution in [0.4, 0.5) is 14.5 Å². The van der Waals surface area contributed by atoms with Crippen molar-refractivity contribution < 1.29 is 27.8 Å². The SMILES string of the molecule is CC.COc1cccc(F)c1F.C[C@@H]1CC[C@H](C(=O)Nc2ccnc(C(N)=O)c2)O1. The molecule has 1 aliphatic rings. The summed E-state index contributed by atoms with van der Waals surface area (Å²) >= 11 is 0. The summed E-state index contributed by atoms with van der Waals surface area (Å²) < 4.78 is 34.8. The molecule has 3 N–H and O–H groups in total. The fourth-order valence-electron chi connectivity index (χ4n) is 2.50. The zero-order chi connectivity index (χ0) is 22.7. The number of nitrogens with one attached hydrogen (secondary N) is 1. The number of benzene rings is 1. The summed E-state index contributed by atoms with van der Waals surface area (Å²) in [5.41, 5.74) is 5.73. The molecule has 1 aromatic carbocycles. The van der Waals surface area contributed by atoms with Gasteiger partial charge in [0.05, 0.1) is 13.2 Å². The van der Waals surface area contributed by atoms with Crippen molar-refractivity contribution in [3.63, 3.8) is 0 Å². The zero-order valence-corrected chi connectivity index (χ0v) is 17.4. The molecule has 164 valence electrons. The maximum Gasteiger partial charge on any atom is 0.267 e. The van der Waals surface area contributed by atoms with E-state index in [0.717, 1.165) is 12.5 Å². The molecule has 1 saturated heterocycles. The number of hydrogen-bond acceptors (Lipinski definition) is 5. The summed E-state index contributed by atoms with van der Waals surface area (Å²) in [6.07, 6.45) is 2.69.